The van der Waals surface area contributed by atoms with Gasteiger partial charge in [0.25, 0.3) is 0 Å². The fraction of sp³-hybridized carbons (Fsp3) is 0.250. The van der Waals surface area contributed by atoms with Crippen molar-refractivity contribution in [2.45, 2.75) is 25.7 Å². The molecule has 0 aliphatic carbocycles. The molecule has 1 aliphatic heterocycles. The highest BCUT2D eigenvalue weighted by atomic mass is 16.5. The molecular formula is C20H21NO. The van der Waals surface area contributed by atoms with Crippen LogP contribution in [0.2, 0.25) is 0 Å². The molecule has 2 aromatic rings. The highest BCUT2D eigenvalue weighted by molar-refractivity contribution is 6.00. The fourth-order valence-electron chi connectivity index (χ4n) is 2.93. The molecule has 0 amide bonds. The van der Waals surface area contributed by atoms with Crippen LogP contribution in [0.3, 0.4) is 0 Å². The summed E-state index contributed by atoms with van der Waals surface area (Å²) in [6.45, 7) is 4.37. The van der Waals surface area contributed by atoms with Crippen LogP contribution in [-0.4, -0.2) is 12.8 Å². The zero-order valence-electron chi connectivity index (χ0n) is 13.3. The van der Waals surface area contributed by atoms with Gasteiger partial charge in [0.05, 0.1) is 12.8 Å². The van der Waals surface area contributed by atoms with Crippen LogP contribution in [0.15, 0.2) is 59.6 Å². The molecule has 0 bridgehead atoms. The standard InChI is InChI=1S/C20H21NO/c1-15-20(2,13-7-10-16-8-5-4-6-9-16)18-14-17(22-3)11-12-19(18)21-15/h4-12,14H,13H2,1-3H3/b10-7+. The molecule has 2 aromatic carbocycles. The Kier molecular flexibility index (Phi) is 3.84. The van der Waals surface area contributed by atoms with Gasteiger partial charge in [0.2, 0.25) is 0 Å². The van der Waals surface area contributed by atoms with Crippen molar-refractivity contribution in [3.63, 3.8) is 0 Å². The van der Waals surface area contributed by atoms with Gasteiger partial charge in [-0.25, -0.2) is 0 Å². The highest BCUT2D eigenvalue weighted by Gasteiger charge is 2.36. The molecular weight excluding hydrogens is 270 g/mol. The third-order valence-corrected chi connectivity index (χ3v) is 4.52. The topological polar surface area (TPSA) is 21.6 Å². The average Bonchev–Trinajstić information content (AvgIpc) is 2.79. The summed E-state index contributed by atoms with van der Waals surface area (Å²) in [5.41, 5.74) is 4.64. The van der Waals surface area contributed by atoms with E-state index in [4.69, 9.17) is 9.73 Å². The number of nitrogens with zero attached hydrogens (tertiary/aromatic N) is 1. The van der Waals surface area contributed by atoms with E-state index in [1.54, 1.807) is 7.11 Å². The number of aliphatic imine (C=N–C) groups is 1. The maximum atomic E-state index is 5.37. The van der Waals surface area contributed by atoms with E-state index in [1.165, 1.54) is 11.1 Å². The van der Waals surface area contributed by atoms with Crippen LogP contribution >= 0.6 is 0 Å². The Morgan fingerprint density at radius 2 is 1.91 bits per heavy atom. The lowest BCUT2D eigenvalue weighted by Crippen LogP contribution is -2.26. The first-order valence-corrected chi connectivity index (χ1v) is 7.59. The average molecular weight is 291 g/mol. The zero-order valence-corrected chi connectivity index (χ0v) is 13.3. The first-order chi connectivity index (χ1) is 10.6. The van der Waals surface area contributed by atoms with Crippen molar-refractivity contribution in [3.8, 4) is 5.75 Å². The summed E-state index contributed by atoms with van der Waals surface area (Å²) in [6, 6.07) is 16.5. The van der Waals surface area contributed by atoms with Gasteiger partial charge in [0.1, 0.15) is 5.75 Å². The predicted octanol–water partition coefficient (Wildman–Crippen LogP) is 5.16. The number of hydrogen-bond acceptors (Lipinski definition) is 2. The van der Waals surface area contributed by atoms with E-state index >= 15 is 0 Å². The minimum Gasteiger partial charge on any atom is -0.497 e. The zero-order chi connectivity index (χ0) is 15.6. The van der Waals surface area contributed by atoms with Crippen LogP contribution in [0.25, 0.3) is 6.08 Å². The SMILES string of the molecule is COc1ccc2c(c1)C(C)(C/C=C/c1ccccc1)C(C)=N2. The van der Waals surface area contributed by atoms with Crippen LogP contribution in [0.1, 0.15) is 31.4 Å². The maximum Gasteiger partial charge on any atom is 0.119 e. The Bertz CT molecular complexity index is 731. The molecule has 0 aromatic heterocycles. The van der Waals surface area contributed by atoms with Gasteiger partial charge in [-0.2, -0.15) is 0 Å². The Morgan fingerprint density at radius 1 is 1.14 bits per heavy atom. The Hall–Kier alpha value is -2.35. The molecule has 1 atom stereocenters. The summed E-state index contributed by atoms with van der Waals surface area (Å²) in [7, 11) is 1.71. The van der Waals surface area contributed by atoms with Crippen molar-refractivity contribution in [3.05, 3.63) is 65.7 Å². The molecule has 1 heterocycles. The van der Waals surface area contributed by atoms with Crippen molar-refractivity contribution in [1.29, 1.82) is 0 Å². The number of benzene rings is 2. The molecule has 0 fully saturated rings. The smallest absolute Gasteiger partial charge is 0.119 e. The van der Waals surface area contributed by atoms with E-state index < -0.39 is 0 Å². The summed E-state index contributed by atoms with van der Waals surface area (Å²) < 4.78 is 5.37. The summed E-state index contributed by atoms with van der Waals surface area (Å²) in [5.74, 6) is 0.891. The Balaban J connectivity index is 1.87. The van der Waals surface area contributed by atoms with Crippen molar-refractivity contribution in [2.24, 2.45) is 4.99 Å². The van der Waals surface area contributed by atoms with Gasteiger partial charge in [0, 0.05) is 11.1 Å². The lowest BCUT2D eigenvalue weighted by molar-refractivity contribution is 0.413. The van der Waals surface area contributed by atoms with Crippen LogP contribution < -0.4 is 4.74 Å². The largest absolute Gasteiger partial charge is 0.497 e. The first-order valence-electron chi connectivity index (χ1n) is 7.59. The molecule has 0 saturated carbocycles. The molecule has 112 valence electrons. The monoisotopic (exact) mass is 291 g/mol. The van der Waals surface area contributed by atoms with Crippen molar-refractivity contribution < 1.29 is 4.74 Å². The van der Waals surface area contributed by atoms with E-state index in [-0.39, 0.29) is 5.41 Å². The van der Waals surface area contributed by atoms with Gasteiger partial charge in [0.15, 0.2) is 0 Å². The number of ether oxygens (including phenoxy) is 1. The van der Waals surface area contributed by atoms with Gasteiger partial charge < -0.3 is 4.74 Å². The summed E-state index contributed by atoms with van der Waals surface area (Å²) in [6.07, 6.45) is 5.34. The molecule has 2 nitrogen and oxygen atoms in total. The molecule has 0 radical (unpaired) electrons. The highest BCUT2D eigenvalue weighted by Crippen LogP contribution is 2.44. The normalized spacial score (nSPS) is 20.0. The number of allylic oxidation sites excluding steroid dienone is 1. The van der Waals surface area contributed by atoms with E-state index in [0.29, 0.717) is 0 Å². The van der Waals surface area contributed by atoms with Crippen LogP contribution in [-0.2, 0) is 5.41 Å². The lowest BCUT2D eigenvalue weighted by atomic mass is 9.77. The minimum atomic E-state index is -0.0604. The molecule has 0 spiro atoms. The molecule has 0 N–H and O–H groups in total. The van der Waals surface area contributed by atoms with Crippen molar-refractivity contribution in [2.75, 3.05) is 7.11 Å². The number of rotatable bonds is 4. The third kappa shape index (κ3) is 2.57. The van der Waals surface area contributed by atoms with Crippen LogP contribution in [0.4, 0.5) is 5.69 Å². The van der Waals surface area contributed by atoms with Crippen LogP contribution in [0, 0.1) is 0 Å². The summed E-state index contributed by atoms with van der Waals surface area (Å²) in [4.78, 5) is 4.73. The molecule has 3 rings (SSSR count). The lowest BCUT2D eigenvalue weighted by Gasteiger charge is -2.25. The van der Waals surface area contributed by atoms with Crippen LogP contribution in [0.5, 0.6) is 5.75 Å². The molecule has 2 heteroatoms. The van der Waals surface area contributed by atoms with Gasteiger partial charge in [-0.1, -0.05) is 42.5 Å². The second kappa shape index (κ2) is 5.80. The number of fused-ring (bicyclic) bond motifs is 1. The van der Waals surface area contributed by atoms with Gasteiger partial charge >= 0.3 is 0 Å². The summed E-state index contributed by atoms with van der Waals surface area (Å²) in [5, 5.41) is 0. The van der Waals surface area contributed by atoms with E-state index in [9.17, 15) is 0 Å². The molecule has 22 heavy (non-hydrogen) atoms. The van der Waals surface area contributed by atoms with Gasteiger partial charge in [-0.15, -0.1) is 0 Å². The van der Waals surface area contributed by atoms with Crippen molar-refractivity contribution >= 4 is 17.5 Å². The summed E-state index contributed by atoms with van der Waals surface area (Å²) >= 11 is 0. The predicted molar refractivity (Wildman–Crippen MR) is 93.2 cm³/mol. The Morgan fingerprint density at radius 3 is 2.64 bits per heavy atom. The maximum absolute atomic E-state index is 5.37. The Labute approximate surface area is 132 Å². The molecule has 1 aliphatic rings. The molecule has 1 unspecified atom stereocenters. The number of hydrogen-bond donors (Lipinski definition) is 0. The second-order valence-electron chi connectivity index (χ2n) is 5.93. The first kappa shape index (κ1) is 14.6. The fourth-order valence-corrected chi connectivity index (χ4v) is 2.93. The van der Waals surface area contributed by atoms with Gasteiger partial charge in [-0.3, -0.25) is 4.99 Å². The van der Waals surface area contributed by atoms with E-state index in [1.807, 2.05) is 18.2 Å². The second-order valence-corrected chi connectivity index (χ2v) is 5.93. The third-order valence-electron chi connectivity index (χ3n) is 4.52. The van der Waals surface area contributed by atoms with Crippen molar-refractivity contribution in [1.82, 2.24) is 0 Å². The number of methoxy groups -OCH3 is 1. The van der Waals surface area contributed by atoms with E-state index in [2.05, 4.69) is 56.3 Å². The quantitative estimate of drug-likeness (QED) is 0.762. The minimum absolute atomic E-state index is 0.0604. The van der Waals surface area contributed by atoms with E-state index in [0.717, 1.165) is 23.6 Å². The molecule has 0 saturated heterocycles. The van der Waals surface area contributed by atoms with Gasteiger partial charge in [-0.05, 0) is 49.6 Å².